The zero-order valence-electron chi connectivity index (χ0n) is 16.8. The van der Waals surface area contributed by atoms with Gasteiger partial charge in [0.25, 0.3) is 0 Å². The molecule has 7 heteroatoms. The molecule has 0 aliphatic carbocycles. The number of carbonyl (C=O) groups is 2. The maximum Gasteiger partial charge on any atom is 0.248 e. The van der Waals surface area contributed by atoms with Crippen LogP contribution in [0.1, 0.15) is 29.0 Å². The second-order valence-corrected chi connectivity index (χ2v) is 7.29. The van der Waals surface area contributed by atoms with Crippen molar-refractivity contribution in [1.29, 1.82) is 0 Å². The Morgan fingerprint density at radius 2 is 1.84 bits per heavy atom. The molecule has 2 amide bonds. The van der Waals surface area contributed by atoms with Crippen molar-refractivity contribution in [1.82, 2.24) is 0 Å². The first-order valence-electron chi connectivity index (χ1n) is 10.0. The summed E-state index contributed by atoms with van der Waals surface area (Å²) in [6, 6.07) is 14.7. The SMILES string of the molecule is NC(=O)c1ccc(N2CCCC2)c(NC(=O)/C=C/c2ccc(-c3ccccc3F)o2)c1. The van der Waals surface area contributed by atoms with E-state index < -0.39 is 5.91 Å². The molecule has 2 aromatic carbocycles. The largest absolute Gasteiger partial charge is 0.457 e. The van der Waals surface area contributed by atoms with Crippen LogP contribution in [0.3, 0.4) is 0 Å². The lowest BCUT2D eigenvalue weighted by Gasteiger charge is -2.21. The molecule has 1 saturated heterocycles. The van der Waals surface area contributed by atoms with Crippen molar-refractivity contribution in [2.24, 2.45) is 5.73 Å². The fraction of sp³-hybridized carbons (Fsp3) is 0.167. The Morgan fingerprint density at radius 3 is 2.58 bits per heavy atom. The predicted octanol–water partition coefficient (Wildman–Crippen LogP) is 4.44. The van der Waals surface area contributed by atoms with Gasteiger partial charge in [0, 0.05) is 24.7 Å². The number of anilines is 2. The number of nitrogens with two attached hydrogens (primary N) is 1. The maximum atomic E-state index is 13.9. The Hall–Kier alpha value is -3.87. The Morgan fingerprint density at radius 1 is 1.06 bits per heavy atom. The number of carbonyl (C=O) groups excluding carboxylic acids is 2. The molecule has 31 heavy (non-hydrogen) atoms. The van der Waals surface area contributed by atoms with E-state index in [1.807, 2.05) is 0 Å². The van der Waals surface area contributed by atoms with Gasteiger partial charge in [-0.25, -0.2) is 4.39 Å². The normalized spacial score (nSPS) is 13.6. The van der Waals surface area contributed by atoms with Crippen molar-refractivity contribution >= 4 is 29.3 Å². The molecule has 3 N–H and O–H groups in total. The van der Waals surface area contributed by atoms with Crippen LogP contribution in [0.25, 0.3) is 17.4 Å². The summed E-state index contributed by atoms with van der Waals surface area (Å²) >= 11 is 0. The molecular weight excluding hydrogens is 397 g/mol. The molecule has 0 unspecified atom stereocenters. The van der Waals surface area contributed by atoms with Gasteiger partial charge in [-0.1, -0.05) is 12.1 Å². The molecule has 0 bridgehead atoms. The smallest absolute Gasteiger partial charge is 0.248 e. The molecule has 0 atom stereocenters. The average molecular weight is 419 g/mol. The monoisotopic (exact) mass is 419 g/mol. The summed E-state index contributed by atoms with van der Waals surface area (Å²) in [5.41, 5.74) is 7.45. The summed E-state index contributed by atoms with van der Waals surface area (Å²) in [6.07, 6.45) is 4.99. The van der Waals surface area contributed by atoms with E-state index in [1.54, 1.807) is 48.5 Å². The van der Waals surface area contributed by atoms with Crippen LogP contribution in [0.15, 0.2) is 65.1 Å². The number of primary amides is 1. The molecule has 0 radical (unpaired) electrons. The minimum Gasteiger partial charge on any atom is -0.457 e. The van der Waals surface area contributed by atoms with Crippen LogP contribution in [0.2, 0.25) is 0 Å². The summed E-state index contributed by atoms with van der Waals surface area (Å²) in [4.78, 5) is 26.3. The van der Waals surface area contributed by atoms with Gasteiger partial charge in [0.1, 0.15) is 17.3 Å². The standard InChI is InChI=1S/C24H22FN3O3/c25-19-6-2-1-5-18(19)22-11-8-17(31-22)9-12-23(29)27-20-15-16(24(26)30)7-10-21(20)28-13-3-4-14-28/h1-2,5-12,15H,3-4,13-14H2,(H2,26,30)(H,27,29)/b12-9+. The second kappa shape index (κ2) is 8.87. The van der Waals surface area contributed by atoms with E-state index in [1.165, 1.54) is 18.2 Å². The van der Waals surface area contributed by atoms with Gasteiger partial charge in [-0.05, 0) is 61.4 Å². The van der Waals surface area contributed by atoms with E-state index in [0.29, 0.717) is 28.3 Å². The minimum absolute atomic E-state index is 0.322. The number of furan rings is 1. The Labute approximate surface area is 179 Å². The lowest BCUT2D eigenvalue weighted by atomic mass is 10.1. The molecule has 1 aliphatic heterocycles. The molecule has 1 aliphatic rings. The van der Waals surface area contributed by atoms with Gasteiger partial charge in [0.15, 0.2) is 0 Å². The molecule has 2 heterocycles. The third-order valence-corrected chi connectivity index (χ3v) is 5.15. The number of hydrogen-bond donors (Lipinski definition) is 2. The first kappa shape index (κ1) is 20.4. The summed E-state index contributed by atoms with van der Waals surface area (Å²) in [6.45, 7) is 1.78. The number of rotatable bonds is 6. The fourth-order valence-corrected chi connectivity index (χ4v) is 3.60. The molecule has 0 spiro atoms. The molecule has 4 rings (SSSR count). The van der Waals surface area contributed by atoms with Gasteiger partial charge in [-0.2, -0.15) is 0 Å². The Kier molecular flexibility index (Phi) is 5.84. The van der Waals surface area contributed by atoms with E-state index in [9.17, 15) is 14.0 Å². The van der Waals surface area contributed by atoms with Gasteiger partial charge >= 0.3 is 0 Å². The van der Waals surface area contributed by atoms with Crippen LogP contribution in [-0.2, 0) is 4.79 Å². The minimum atomic E-state index is -0.560. The van der Waals surface area contributed by atoms with Crippen molar-refractivity contribution < 1.29 is 18.4 Å². The highest BCUT2D eigenvalue weighted by Gasteiger charge is 2.18. The fourth-order valence-electron chi connectivity index (χ4n) is 3.60. The van der Waals surface area contributed by atoms with Crippen molar-refractivity contribution in [2.75, 3.05) is 23.3 Å². The molecule has 158 valence electrons. The van der Waals surface area contributed by atoms with Gasteiger partial charge in [0.05, 0.1) is 16.9 Å². The van der Waals surface area contributed by atoms with Crippen LogP contribution in [0, 0.1) is 5.82 Å². The molecule has 0 saturated carbocycles. The van der Waals surface area contributed by atoms with Crippen molar-refractivity contribution in [2.45, 2.75) is 12.8 Å². The zero-order chi connectivity index (χ0) is 21.8. The highest BCUT2D eigenvalue weighted by atomic mass is 19.1. The number of nitrogens with zero attached hydrogens (tertiary/aromatic N) is 1. The Balaban J connectivity index is 1.51. The van der Waals surface area contributed by atoms with Crippen LogP contribution >= 0.6 is 0 Å². The number of halogens is 1. The van der Waals surface area contributed by atoms with E-state index in [4.69, 9.17) is 10.2 Å². The van der Waals surface area contributed by atoms with Gasteiger partial charge in [-0.3, -0.25) is 9.59 Å². The van der Waals surface area contributed by atoms with Gasteiger partial charge < -0.3 is 20.4 Å². The lowest BCUT2D eigenvalue weighted by Crippen LogP contribution is -2.21. The zero-order valence-corrected chi connectivity index (χ0v) is 16.8. The number of benzene rings is 2. The highest BCUT2D eigenvalue weighted by Crippen LogP contribution is 2.30. The van der Waals surface area contributed by atoms with Crippen LogP contribution in [0.5, 0.6) is 0 Å². The van der Waals surface area contributed by atoms with E-state index >= 15 is 0 Å². The summed E-state index contributed by atoms with van der Waals surface area (Å²) in [5.74, 6) is -0.530. The van der Waals surface area contributed by atoms with E-state index in [2.05, 4.69) is 10.2 Å². The van der Waals surface area contributed by atoms with Crippen molar-refractivity contribution in [3.05, 3.63) is 77.8 Å². The number of amides is 2. The molecular formula is C24H22FN3O3. The van der Waals surface area contributed by atoms with Gasteiger partial charge in [-0.15, -0.1) is 0 Å². The Bertz CT molecular complexity index is 1150. The predicted molar refractivity (Wildman–Crippen MR) is 118 cm³/mol. The number of nitrogens with one attached hydrogen (secondary N) is 1. The topological polar surface area (TPSA) is 88.6 Å². The first-order chi connectivity index (χ1) is 15.0. The maximum absolute atomic E-state index is 13.9. The third kappa shape index (κ3) is 4.66. The molecule has 3 aromatic rings. The van der Waals surface area contributed by atoms with Crippen molar-refractivity contribution in [3.63, 3.8) is 0 Å². The third-order valence-electron chi connectivity index (χ3n) is 5.15. The molecule has 6 nitrogen and oxygen atoms in total. The molecule has 1 fully saturated rings. The highest BCUT2D eigenvalue weighted by molar-refractivity contribution is 6.05. The summed E-state index contributed by atoms with van der Waals surface area (Å²) in [5, 5.41) is 2.82. The van der Waals surface area contributed by atoms with Crippen LogP contribution in [0.4, 0.5) is 15.8 Å². The first-order valence-corrected chi connectivity index (χ1v) is 10.0. The number of hydrogen-bond acceptors (Lipinski definition) is 4. The second-order valence-electron chi connectivity index (χ2n) is 7.29. The average Bonchev–Trinajstić information content (AvgIpc) is 3.45. The van der Waals surface area contributed by atoms with E-state index in [-0.39, 0.29) is 11.7 Å². The summed E-state index contributed by atoms with van der Waals surface area (Å²) < 4.78 is 19.5. The summed E-state index contributed by atoms with van der Waals surface area (Å²) in [7, 11) is 0. The quantitative estimate of drug-likeness (QED) is 0.578. The van der Waals surface area contributed by atoms with Gasteiger partial charge in [0.2, 0.25) is 11.8 Å². The molecule has 1 aromatic heterocycles. The lowest BCUT2D eigenvalue weighted by molar-refractivity contribution is -0.111. The van der Waals surface area contributed by atoms with Crippen LogP contribution < -0.4 is 16.0 Å². The van der Waals surface area contributed by atoms with Crippen LogP contribution in [-0.4, -0.2) is 24.9 Å². The van der Waals surface area contributed by atoms with E-state index in [0.717, 1.165) is 31.6 Å². The van der Waals surface area contributed by atoms with Crippen molar-refractivity contribution in [3.8, 4) is 11.3 Å².